The number of carbonyl (C=O) groups is 1. The summed E-state index contributed by atoms with van der Waals surface area (Å²) >= 11 is 0. The number of nitrogens with zero attached hydrogens (tertiary/aromatic N) is 5. The molecular formula is C23H31N7O3. The number of benzene rings is 1. The highest BCUT2D eigenvalue weighted by molar-refractivity contribution is 5.79. The standard InChI is InChI=1S/C23H31N7O3/c1-4-33-18-9-7-17(8-10-18)30-20-19(28-29-30)14-25-22(27-20)26-16-6-5-15(13-16)21(31)24-12-11-23(2,3)32/h7-10,14-16,32H,4-6,11-13H2,1-3H3,(H,24,31)(H,25,26,27)/t15-,16-/m1/s1. The van der Waals surface area contributed by atoms with E-state index in [1.807, 2.05) is 31.2 Å². The molecule has 2 atom stereocenters. The fraction of sp³-hybridized carbons (Fsp3) is 0.522. The first-order valence-electron chi connectivity index (χ1n) is 11.4. The molecule has 0 bridgehead atoms. The van der Waals surface area contributed by atoms with Crippen LogP contribution in [0, 0.1) is 5.92 Å². The summed E-state index contributed by atoms with van der Waals surface area (Å²) in [6.07, 6.45) is 4.56. The summed E-state index contributed by atoms with van der Waals surface area (Å²) in [5.74, 6) is 1.27. The Hall–Kier alpha value is -3.27. The van der Waals surface area contributed by atoms with Gasteiger partial charge in [0.1, 0.15) is 5.75 Å². The number of amides is 1. The number of fused-ring (bicyclic) bond motifs is 1. The zero-order valence-corrected chi connectivity index (χ0v) is 19.3. The van der Waals surface area contributed by atoms with E-state index in [2.05, 4.69) is 30.9 Å². The monoisotopic (exact) mass is 453 g/mol. The van der Waals surface area contributed by atoms with Crippen LogP contribution in [0.1, 0.15) is 46.5 Å². The minimum Gasteiger partial charge on any atom is -0.494 e. The molecule has 4 rings (SSSR count). The molecule has 0 spiro atoms. The maximum atomic E-state index is 12.5. The number of aromatic nitrogens is 5. The Kier molecular flexibility index (Phi) is 6.73. The van der Waals surface area contributed by atoms with Crippen molar-refractivity contribution in [3.05, 3.63) is 30.5 Å². The molecule has 2 heterocycles. The molecule has 2 aromatic heterocycles. The quantitative estimate of drug-likeness (QED) is 0.451. The lowest BCUT2D eigenvalue weighted by molar-refractivity contribution is -0.124. The van der Waals surface area contributed by atoms with Crippen LogP contribution in [-0.2, 0) is 4.79 Å². The largest absolute Gasteiger partial charge is 0.494 e. The minimum atomic E-state index is -0.782. The molecule has 1 fully saturated rings. The van der Waals surface area contributed by atoms with Crippen LogP contribution in [0.4, 0.5) is 5.95 Å². The molecule has 1 saturated carbocycles. The van der Waals surface area contributed by atoms with E-state index in [1.54, 1.807) is 24.7 Å². The third kappa shape index (κ3) is 5.75. The van der Waals surface area contributed by atoms with Gasteiger partial charge < -0.3 is 20.5 Å². The van der Waals surface area contributed by atoms with Gasteiger partial charge in [0, 0.05) is 18.5 Å². The van der Waals surface area contributed by atoms with Gasteiger partial charge >= 0.3 is 0 Å². The molecule has 1 aliphatic carbocycles. The predicted molar refractivity (Wildman–Crippen MR) is 124 cm³/mol. The summed E-state index contributed by atoms with van der Waals surface area (Å²) in [5, 5.41) is 24.5. The summed E-state index contributed by atoms with van der Waals surface area (Å²) in [5.41, 5.74) is 1.25. The molecule has 10 heteroatoms. The predicted octanol–water partition coefficient (Wildman–Crippen LogP) is 2.47. The van der Waals surface area contributed by atoms with Gasteiger partial charge in [-0.1, -0.05) is 5.21 Å². The summed E-state index contributed by atoms with van der Waals surface area (Å²) in [6, 6.07) is 7.71. The van der Waals surface area contributed by atoms with E-state index in [9.17, 15) is 9.90 Å². The van der Waals surface area contributed by atoms with E-state index < -0.39 is 5.60 Å². The Balaban J connectivity index is 1.39. The van der Waals surface area contributed by atoms with E-state index in [0.717, 1.165) is 24.3 Å². The first kappa shape index (κ1) is 22.9. The molecule has 0 aliphatic heterocycles. The van der Waals surface area contributed by atoms with Crippen LogP contribution in [0.3, 0.4) is 0 Å². The van der Waals surface area contributed by atoms with Crippen molar-refractivity contribution in [2.24, 2.45) is 5.92 Å². The van der Waals surface area contributed by atoms with Crippen LogP contribution >= 0.6 is 0 Å². The van der Waals surface area contributed by atoms with Gasteiger partial charge in [0.05, 0.1) is 24.1 Å². The number of ether oxygens (including phenoxy) is 1. The molecule has 1 aliphatic rings. The van der Waals surface area contributed by atoms with Crippen LogP contribution in [0.5, 0.6) is 5.75 Å². The Morgan fingerprint density at radius 3 is 2.79 bits per heavy atom. The number of nitrogens with one attached hydrogen (secondary N) is 2. The lowest BCUT2D eigenvalue weighted by atomic mass is 10.0. The number of carbonyl (C=O) groups excluding carboxylic acids is 1. The van der Waals surface area contributed by atoms with Gasteiger partial charge in [-0.3, -0.25) is 4.79 Å². The molecule has 33 heavy (non-hydrogen) atoms. The topological polar surface area (TPSA) is 127 Å². The average Bonchev–Trinajstić information content (AvgIpc) is 3.41. The maximum absolute atomic E-state index is 12.5. The first-order chi connectivity index (χ1) is 15.8. The summed E-state index contributed by atoms with van der Waals surface area (Å²) < 4.78 is 7.17. The van der Waals surface area contributed by atoms with Crippen molar-refractivity contribution in [2.45, 2.75) is 58.1 Å². The van der Waals surface area contributed by atoms with Gasteiger partial charge in [0.15, 0.2) is 11.2 Å². The minimum absolute atomic E-state index is 0.0395. The third-order valence-electron chi connectivity index (χ3n) is 5.76. The lowest BCUT2D eigenvalue weighted by Gasteiger charge is -2.18. The zero-order valence-electron chi connectivity index (χ0n) is 19.3. The van der Waals surface area contributed by atoms with Crippen LogP contribution in [0.2, 0.25) is 0 Å². The van der Waals surface area contributed by atoms with Crippen molar-refractivity contribution < 1.29 is 14.6 Å². The van der Waals surface area contributed by atoms with Crippen LogP contribution < -0.4 is 15.4 Å². The summed E-state index contributed by atoms with van der Waals surface area (Å²) in [4.78, 5) is 21.5. The van der Waals surface area contributed by atoms with Gasteiger partial charge in [0.25, 0.3) is 0 Å². The second-order valence-electron chi connectivity index (χ2n) is 9.04. The molecule has 3 N–H and O–H groups in total. The van der Waals surface area contributed by atoms with E-state index >= 15 is 0 Å². The maximum Gasteiger partial charge on any atom is 0.225 e. The number of aliphatic hydroxyl groups is 1. The van der Waals surface area contributed by atoms with Crippen molar-refractivity contribution in [1.29, 1.82) is 0 Å². The van der Waals surface area contributed by atoms with Gasteiger partial charge in [-0.15, -0.1) is 5.10 Å². The SMILES string of the molecule is CCOc1ccc(-n2nnc3cnc(N[C@@H]4CC[C@@H](C(=O)NCCC(C)(C)O)C4)nc32)cc1. The van der Waals surface area contributed by atoms with Crippen LogP contribution in [-0.4, -0.2) is 60.8 Å². The van der Waals surface area contributed by atoms with Gasteiger partial charge in [0.2, 0.25) is 11.9 Å². The van der Waals surface area contributed by atoms with Gasteiger partial charge in [-0.25, -0.2) is 4.98 Å². The molecule has 1 aromatic carbocycles. The molecule has 10 nitrogen and oxygen atoms in total. The summed E-state index contributed by atoms with van der Waals surface area (Å²) in [6.45, 7) is 6.50. The number of rotatable bonds is 9. The fourth-order valence-corrected chi connectivity index (χ4v) is 3.99. The smallest absolute Gasteiger partial charge is 0.225 e. The molecule has 3 aromatic rings. The lowest BCUT2D eigenvalue weighted by Crippen LogP contribution is -2.34. The molecule has 0 saturated heterocycles. The van der Waals surface area contributed by atoms with Crippen LogP contribution in [0.25, 0.3) is 16.9 Å². The van der Waals surface area contributed by atoms with Crippen molar-refractivity contribution in [1.82, 2.24) is 30.3 Å². The molecule has 0 unspecified atom stereocenters. The third-order valence-corrected chi connectivity index (χ3v) is 5.76. The number of hydrogen-bond acceptors (Lipinski definition) is 8. The first-order valence-corrected chi connectivity index (χ1v) is 11.4. The second-order valence-corrected chi connectivity index (χ2v) is 9.04. The van der Waals surface area contributed by atoms with E-state index in [0.29, 0.717) is 43.1 Å². The van der Waals surface area contributed by atoms with E-state index in [1.165, 1.54) is 0 Å². The second kappa shape index (κ2) is 9.70. The van der Waals surface area contributed by atoms with Crippen molar-refractivity contribution in [3.63, 3.8) is 0 Å². The molecule has 176 valence electrons. The van der Waals surface area contributed by atoms with E-state index in [4.69, 9.17) is 4.74 Å². The van der Waals surface area contributed by atoms with Gasteiger partial charge in [-0.05, 0) is 70.7 Å². The summed E-state index contributed by atoms with van der Waals surface area (Å²) in [7, 11) is 0. The molecular weight excluding hydrogens is 422 g/mol. The Morgan fingerprint density at radius 2 is 2.06 bits per heavy atom. The normalized spacial score (nSPS) is 18.4. The number of anilines is 1. The zero-order chi connectivity index (χ0) is 23.4. The Bertz CT molecular complexity index is 1090. The highest BCUT2D eigenvalue weighted by Gasteiger charge is 2.30. The molecule has 0 radical (unpaired) electrons. The van der Waals surface area contributed by atoms with Crippen molar-refractivity contribution >= 4 is 23.0 Å². The fourth-order valence-electron chi connectivity index (χ4n) is 3.99. The highest BCUT2D eigenvalue weighted by atomic mass is 16.5. The van der Waals surface area contributed by atoms with Crippen molar-refractivity contribution in [2.75, 3.05) is 18.5 Å². The number of hydrogen-bond donors (Lipinski definition) is 3. The Morgan fingerprint density at radius 1 is 1.27 bits per heavy atom. The molecule has 1 amide bonds. The van der Waals surface area contributed by atoms with E-state index in [-0.39, 0.29) is 17.9 Å². The van der Waals surface area contributed by atoms with Crippen LogP contribution in [0.15, 0.2) is 30.5 Å². The van der Waals surface area contributed by atoms with Crippen molar-refractivity contribution in [3.8, 4) is 11.4 Å². The van der Waals surface area contributed by atoms with Gasteiger partial charge in [-0.2, -0.15) is 9.67 Å². The average molecular weight is 454 g/mol. The Labute approximate surface area is 192 Å². The highest BCUT2D eigenvalue weighted by Crippen LogP contribution is 2.28.